The maximum Gasteiger partial charge on any atom is 0.324 e. The lowest BCUT2D eigenvalue weighted by molar-refractivity contribution is -0.380. The zero-order valence-electron chi connectivity index (χ0n) is 17.9. The first kappa shape index (κ1) is 22.5. The van der Waals surface area contributed by atoms with Crippen LogP contribution >= 0.6 is 22.7 Å². The Labute approximate surface area is 206 Å². The summed E-state index contributed by atoms with van der Waals surface area (Å²) >= 11 is 2.06. The van der Waals surface area contributed by atoms with E-state index >= 15 is 0 Å². The first-order valence-corrected chi connectivity index (χ1v) is 12.0. The molecule has 0 saturated carbocycles. The molecule has 1 amide bonds. The molecule has 0 saturated heterocycles. The van der Waals surface area contributed by atoms with Crippen molar-refractivity contribution in [2.24, 2.45) is 5.10 Å². The Morgan fingerprint density at radius 3 is 2.43 bits per heavy atom. The molecule has 0 fully saturated rings. The number of benzene rings is 3. The number of thiophene rings is 1. The summed E-state index contributed by atoms with van der Waals surface area (Å²) in [5, 5.41) is 16.7. The average molecular weight is 503 g/mol. The van der Waals surface area contributed by atoms with Gasteiger partial charge < -0.3 is 0 Å². The number of hydrogen-bond donors (Lipinski definition) is 0. The van der Waals surface area contributed by atoms with E-state index in [0.29, 0.717) is 20.7 Å². The third-order valence-corrected chi connectivity index (χ3v) is 7.01. The summed E-state index contributed by atoms with van der Waals surface area (Å²) in [5.74, 6) is -0.845. The van der Waals surface area contributed by atoms with E-state index in [4.69, 9.17) is 0 Å². The quantitative estimate of drug-likeness (QED) is 0.146. The number of halogens is 1. The van der Waals surface area contributed by atoms with Crippen LogP contribution in [0.3, 0.4) is 0 Å². The van der Waals surface area contributed by atoms with Crippen LogP contribution in [0.15, 0.2) is 90.0 Å². The Kier molecular flexibility index (Phi) is 6.13. The minimum Gasteiger partial charge on any atom is -0.267 e. The fourth-order valence-corrected chi connectivity index (χ4v) is 4.98. The van der Waals surface area contributed by atoms with Gasteiger partial charge in [-0.2, -0.15) is 10.1 Å². The van der Waals surface area contributed by atoms with Gasteiger partial charge in [-0.3, -0.25) is 14.9 Å². The van der Waals surface area contributed by atoms with Crippen molar-refractivity contribution in [1.29, 1.82) is 0 Å². The lowest BCUT2D eigenvalue weighted by atomic mass is 10.0. The summed E-state index contributed by atoms with van der Waals surface area (Å²) in [4.78, 5) is 28.9. The summed E-state index contributed by atoms with van der Waals surface area (Å²) < 4.78 is 14.3. The topological polar surface area (TPSA) is 88.7 Å². The fraction of sp³-hybridized carbons (Fsp3) is 0. The van der Waals surface area contributed by atoms with Gasteiger partial charge >= 0.3 is 5.00 Å². The Morgan fingerprint density at radius 1 is 0.971 bits per heavy atom. The highest BCUT2D eigenvalue weighted by molar-refractivity contribution is 7.22. The normalized spacial score (nSPS) is 11.2. The molecule has 0 N–H and O–H groups in total. The van der Waals surface area contributed by atoms with Crippen LogP contribution in [0, 0.1) is 15.9 Å². The number of fused-ring (bicyclic) bond motifs is 1. The van der Waals surface area contributed by atoms with Crippen LogP contribution in [-0.4, -0.2) is 22.0 Å². The molecule has 7 nitrogen and oxygen atoms in total. The second-order valence-electron chi connectivity index (χ2n) is 7.35. The predicted octanol–water partition coefficient (Wildman–Crippen LogP) is 6.75. The van der Waals surface area contributed by atoms with E-state index in [1.807, 2.05) is 42.5 Å². The van der Waals surface area contributed by atoms with Gasteiger partial charge in [0.1, 0.15) is 5.82 Å². The van der Waals surface area contributed by atoms with E-state index < -0.39 is 16.6 Å². The first-order chi connectivity index (χ1) is 17.0. The van der Waals surface area contributed by atoms with Crippen molar-refractivity contribution in [3.63, 3.8) is 0 Å². The third-order valence-electron chi connectivity index (χ3n) is 5.04. The number of amides is 1. The number of carbonyl (C=O) groups excluding carboxylic acids is 1. The maximum absolute atomic E-state index is 13.7. The smallest absolute Gasteiger partial charge is 0.267 e. The number of hydrazone groups is 1. The lowest BCUT2D eigenvalue weighted by Crippen LogP contribution is -2.25. The number of nitro groups is 1. The van der Waals surface area contributed by atoms with Crippen LogP contribution in [-0.2, 0) is 0 Å². The minimum atomic E-state index is -0.485. The van der Waals surface area contributed by atoms with Gasteiger partial charge in [0.25, 0.3) is 5.91 Å². The molecule has 0 unspecified atom stereocenters. The summed E-state index contributed by atoms with van der Waals surface area (Å²) in [6.45, 7) is 0. The van der Waals surface area contributed by atoms with Crippen molar-refractivity contribution < 1.29 is 14.1 Å². The van der Waals surface area contributed by atoms with Crippen molar-refractivity contribution in [2.75, 3.05) is 5.01 Å². The van der Waals surface area contributed by atoms with E-state index in [1.54, 1.807) is 18.2 Å². The van der Waals surface area contributed by atoms with Crippen LogP contribution in [0.4, 0.5) is 14.5 Å². The number of nitrogens with zero attached hydrogens (tertiary/aromatic N) is 4. The standard InChI is InChI=1S/C25H15FN4O3S2/c26-19-10-12-21-22(14-19)35-25(28-21)29(27-15-20-11-13-23(34-20)30(32)33)24(31)18-8-6-17(7-9-18)16-4-2-1-3-5-16/h1-15H/b27-15+. The molecular weight excluding hydrogens is 487 g/mol. The highest BCUT2D eigenvalue weighted by Crippen LogP contribution is 2.31. The number of anilines is 1. The summed E-state index contributed by atoms with van der Waals surface area (Å²) in [5.41, 5.74) is 2.89. The molecular formula is C25H15FN4O3S2. The molecule has 0 aliphatic heterocycles. The van der Waals surface area contributed by atoms with Crippen molar-refractivity contribution in [1.82, 2.24) is 4.98 Å². The Balaban J connectivity index is 1.50. The number of thiazole rings is 1. The Hall–Kier alpha value is -4.28. The van der Waals surface area contributed by atoms with Crippen molar-refractivity contribution in [3.05, 3.63) is 111 Å². The van der Waals surface area contributed by atoms with Gasteiger partial charge in [0.2, 0.25) is 5.13 Å². The van der Waals surface area contributed by atoms with E-state index in [2.05, 4.69) is 10.1 Å². The molecule has 3 aromatic carbocycles. The second-order valence-corrected chi connectivity index (χ2v) is 9.45. The number of hydrogen-bond acceptors (Lipinski definition) is 7. The molecule has 0 aliphatic rings. The SMILES string of the molecule is O=C(c1ccc(-c2ccccc2)cc1)N(/N=C/c1ccc([N+](=O)[O-])s1)c1nc2ccc(F)cc2s1. The second kappa shape index (κ2) is 9.53. The largest absolute Gasteiger partial charge is 0.324 e. The van der Waals surface area contributed by atoms with Crippen LogP contribution in [0.1, 0.15) is 15.2 Å². The molecule has 0 spiro atoms. The average Bonchev–Trinajstić information content (AvgIpc) is 3.52. The molecule has 0 bridgehead atoms. The van der Waals surface area contributed by atoms with Gasteiger partial charge in [-0.05, 0) is 47.5 Å². The van der Waals surface area contributed by atoms with Crippen LogP contribution < -0.4 is 5.01 Å². The van der Waals surface area contributed by atoms with Crippen molar-refractivity contribution in [2.45, 2.75) is 0 Å². The van der Waals surface area contributed by atoms with Crippen LogP contribution in [0.25, 0.3) is 21.3 Å². The molecule has 0 aliphatic carbocycles. The minimum absolute atomic E-state index is 0.0312. The molecule has 2 aromatic heterocycles. The summed E-state index contributed by atoms with van der Waals surface area (Å²) in [7, 11) is 0. The van der Waals surface area contributed by atoms with E-state index in [-0.39, 0.29) is 10.1 Å². The van der Waals surface area contributed by atoms with Gasteiger partial charge in [0.05, 0.1) is 26.2 Å². The Morgan fingerprint density at radius 2 is 1.71 bits per heavy atom. The molecule has 10 heteroatoms. The number of carbonyl (C=O) groups is 1. The zero-order valence-corrected chi connectivity index (χ0v) is 19.5. The highest BCUT2D eigenvalue weighted by atomic mass is 32.1. The predicted molar refractivity (Wildman–Crippen MR) is 137 cm³/mol. The van der Waals surface area contributed by atoms with E-state index in [1.165, 1.54) is 30.5 Å². The van der Waals surface area contributed by atoms with Gasteiger partial charge in [0.15, 0.2) is 0 Å². The van der Waals surface area contributed by atoms with Crippen molar-refractivity contribution >= 4 is 55.1 Å². The molecule has 2 heterocycles. The number of rotatable bonds is 6. The zero-order chi connectivity index (χ0) is 24.4. The monoisotopic (exact) mass is 502 g/mol. The summed E-state index contributed by atoms with van der Waals surface area (Å²) in [6, 6.07) is 24.0. The third kappa shape index (κ3) is 4.84. The first-order valence-electron chi connectivity index (χ1n) is 10.3. The molecule has 35 heavy (non-hydrogen) atoms. The van der Waals surface area contributed by atoms with Gasteiger partial charge in [-0.1, -0.05) is 65.1 Å². The van der Waals surface area contributed by atoms with Crippen LogP contribution in [0.5, 0.6) is 0 Å². The molecule has 5 aromatic rings. The number of aromatic nitrogens is 1. The summed E-state index contributed by atoms with van der Waals surface area (Å²) in [6.07, 6.45) is 1.38. The molecule has 0 radical (unpaired) electrons. The highest BCUT2D eigenvalue weighted by Gasteiger charge is 2.22. The van der Waals surface area contributed by atoms with E-state index in [0.717, 1.165) is 38.8 Å². The van der Waals surface area contributed by atoms with Gasteiger partial charge in [0, 0.05) is 11.6 Å². The van der Waals surface area contributed by atoms with Gasteiger partial charge in [-0.25, -0.2) is 9.37 Å². The van der Waals surface area contributed by atoms with Crippen LogP contribution in [0.2, 0.25) is 0 Å². The Bertz CT molecular complexity index is 1560. The molecule has 0 atom stereocenters. The van der Waals surface area contributed by atoms with Gasteiger partial charge in [-0.15, -0.1) is 0 Å². The van der Waals surface area contributed by atoms with Crippen molar-refractivity contribution in [3.8, 4) is 11.1 Å². The van der Waals surface area contributed by atoms with E-state index in [9.17, 15) is 19.3 Å². The molecule has 172 valence electrons. The maximum atomic E-state index is 13.7. The fourth-order valence-electron chi connectivity index (χ4n) is 3.35. The lowest BCUT2D eigenvalue weighted by Gasteiger charge is -2.14. The molecule has 5 rings (SSSR count).